The van der Waals surface area contributed by atoms with Crippen LogP contribution in [0.2, 0.25) is 0 Å². The number of fused-ring (bicyclic) bond motifs is 4. The summed E-state index contributed by atoms with van der Waals surface area (Å²) in [6, 6.07) is 12.5. The van der Waals surface area contributed by atoms with E-state index in [1.807, 2.05) is 10.6 Å². The van der Waals surface area contributed by atoms with Gasteiger partial charge in [-0.05, 0) is 68.3 Å². The van der Waals surface area contributed by atoms with Gasteiger partial charge in [0.05, 0.1) is 5.56 Å². The fourth-order valence-corrected chi connectivity index (χ4v) is 6.47. The number of benzene rings is 2. The maximum absolute atomic E-state index is 11.8. The van der Waals surface area contributed by atoms with Gasteiger partial charge in [0.2, 0.25) is 0 Å². The molecule has 0 N–H and O–H groups in total. The number of rotatable bonds is 4. The second kappa shape index (κ2) is 8.27. The summed E-state index contributed by atoms with van der Waals surface area (Å²) < 4.78 is 7.04. The second-order valence-corrected chi connectivity index (χ2v) is 10.7. The van der Waals surface area contributed by atoms with Gasteiger partial charge in [-0.3, -0.25) is 0 Å². The monoisotopic (exact) mass is 482 g/mol. The van der Waals surface area contributed by atoms with Crippen LogP contribution in [0.3, 0.4) is 0 Å². The summed E-state index contributed by atoms with van der Waals surface area (Å²) in [6.45, 7) is 7.98. The molecule has 0 saturated carbocycles. The SMILES string of the molecule is Cc1c(CCN2CCC3(CC2)CCN(c2nn4cnnc4c4ccccc24)C3)ccc2c1COC2=O. The summed E-state index contributed by atoms with van der Waals surface area (Å²) in [5, 5.41) is 15.5. The standard InChI is InChI=1S/C28H30N6O2/c1-19-20(6-7-23-24(19)16-36-27(23)35)8-12-32-13-9-28(10-14-32)11-15-33(17-28)26-22-5-3-2-4-21(22)25-30-29-18-34(25)31-26/h2-7,18H,8-17H2,1H3. The molecule has 8 heteroatoms. The van der Waals surface area contributed by atoms with Crippen LogP contribution >= 0.6 is 0 Å². The van der Waals surface area contributed by atoms with Gasteiger partial charge in [0.15, 0.2) is 11.5 Å². The van der Waals surface area contributed by atoms with Crippen molar-refractivity contribution in [1.82, 2.24) is 24.7 Å². The van der Waals surface area contributed by atoms with Crippen LogP contribution < -0.4 is 4.90 Å². The molecule has 0 radical (unpaired) electrons. The molecule has 3 aliphatic heterocycles. The molecule has 36 heavy (non-hydrogen) atoms. The highest BCUT2D eigenvalue weighted by Crippen LogP contribution is 2.43. The van der Waals surface area contributed by atoms with Crippen LogP contribution in [0.15, 0.2) is 42.7 Å². The molecule has 2 saturated heterocycles. The van der Waals surface area contributed by atoms with Gasteiger partial charge in [0, 0.05) is 36.0 Å². The summed E-state index contributed by atoms with van der Waals surface area (Å²) in [5.41, 5.74) is 5.56. The molecule has 0 aliphatic carbocycles. The molecule has 4 aromatic rings. The fourth-order valence-electron chi connectivity index (χ4n) is 6.47. The topological polar surface area (TPSA) is 75.9 Å². The lowest BCUT2D eigenvalue weighted by molar-refractivity contribution is 0.0535. The highest BCUT2D eigenvalue weighted by atomic mass is 16.5. The molecule has 5 heterocycles. The van der Waals surface area contributed by atoms with Gasteiger partial charge >= 0.3 is 5.97 Å². The van der Waals surface area contributed by atoms with Gasteiger partial charge in [0.25, 0.3) is 0 Å². The second-order valence-electron chi connectivity index (χ2n) is 10.7. The van der Waals surface area contributed by atoms with Gasteiger partial charge in [-0.2, -0.15) is 4.52 Å². The van der Waals surface area contributed by atoms with E-state index in [4.69, 9.17) is 9.84 Å². The number of hydrogen-bond donors (Lipinski definition) is 0. The van der Waals surface area contributed by atoms with Crippen LogP contribution in [0, 0.1) is 12.3 Å². The van der Waals surface area contributed by atoms with E-state index in [0.717, 1.165) is 72.5 Å². The number of anilines is 1. The third-order valence-electron chi connectivity index (χ3n) is 8.77. The first kappa shape index (κ1) is 21.7. The number of aromatic nitrogens is 4. The van der Waals surface area contributed by atoms with E-state index in [2.05, 4.69) is 57.3 Å². The zero-order chi connectivity index (χ0) is 24.3. The van der Waals surface area contributed by atoms with Gasteiger partial charge in [0.1, 0.15) is 12.9 Å². The average molecular weight is 483 g/mol. The van der Waals surface area contributed by atoms with E-state index in [-0.39, 0.29) is 5.97 Å². The molecule has 7 rings (SSSR count). The zero-order valence-corrected chi connectivity index (χ0v) is 20.6. The van der Waals surface area contributed by atoms with E-state index >= 15 is 0 Å². The lowest BCUT2D eigenvalue weighted by Gasteiger charge is -2.39. The largest absolute Gasteiger partial charge is 0.457 e. The molecular formula is C28H30N6O2. The summed E-state index contributed by atoms with van der Waals surface area (Å²) in [6.07, 6.45) is 6.38. The lowest BCUT2D eigenvalue weighted by atomic mass is 9.77. The minimum Gasteiger partial charge on any atom is -0.457 e. The van der Waals surface area contributed by atoms with Crippen molar-refractivity contribution in [2.24, 2.45) is 5.41 Å². The number of carbonyl (C=O) groups excluding carboxylic acids is 1. The normalized spacial score (nSPS) is 19.5. The summed E-state index contributed by atoms with van der Waals surface area (Å²) >= 11 is 0. The van der Waals surface area contributed by atoms with Gasteiger partial charge in [-0.15, -0.1) is 15.3 Å². The van der Waals surface area contributed by atoms with Crippen LogP contribution in [0.1, 0.15) is 46.3 Å². The number of cyclic esters (lactones) is 1. The minimum absolute atomic E-state index is 0.184. The van der Waals surface area contributed by atoms with Crippen LogP contribution in [0.25, 0.3) is 16.4 Å². The fraction of sp³-hybridized carbons (Fsp3) is 0.429. The third kappa shape index (κ3) is 3.46. The minimum atomic E-state index is -0.184. The summed E-state index contributed by atoms with van der Waals surface area (Å²) in [7, 11) is 0. The Balaban J connectivity index is 1.03. The molecule has 1 spiro atoms. The predicted molar refractivity (Wildman–Crippen MR) is 137 cm³/mol. The van der Waals surface area contributed by atoms with Gasteiger partial charge in [-0.25, -0.2) is 4.79 Å². The molecule has 2 aromatic carbocycles. The van der Waals surface area contributed by atoms with Crippen molar-refractivity contribution < 1.29 is 9.53 Å². The molecule has 0 amide bonds. The van der Waals surface area contributed by atoms with Crippen molar-refractivity contribution in [3.63, 3.8) is 0 Å². The molecular weight excluding hydrogens is 452 g/mol. The van der Waals surface area contributed by atoms with E-state index in [1.54, 1.807) is 6.33 Å². The Hall–Kier alpha value is -3.52. The molecule has 184 valence electrons. The molecule has 2 aromatic heterocycles. The molecule has 3 aliphatic rings. The van der Waals surface area contributed by atoms with Crippen LogP contribution in [0.4, 0.5) is 5.82 Å². The van der Waals surface area contributed by atoms with Crippen molar-refractivity contribution in [3.05, 3.63) is 65.0 Å². The molecule has 2 fully saturated rings. The van der Waals surface area contributed by atoms with E-state index < -0.39 is 0 Å². The first-order chi connectivity index (χ1) is 17.6. The first-order valence-corrected chi connectivity index (χ1v) is 12.9. The molecule has 8 nitrogen and oxygen atoms in total. The zero-order valence-electron chi connectivity index (χ0n) is 20.6. The summed E-state index contributed by atoms with van der Waals surface area (Å²) in [5.74, 6) is 0.864. The summed E-state index contributed by atoms with van der Waals surface area (Å²) in [4.78, 5) is 16.9. The Morgan fingerprint density at radius 1 is 1.03 bits per heavy atom. The molecule has 0 unspecified atom stereocenters. The third-order valence-corrected chi connectivity index (χ3v) is 8.77. The number of likely N-dealkylation sites (tertiary alicyclic amines) is 1. The Morgan fingerprint density at radius 3 is 2.69 bits per heavy atom. The van der Waals surface area contributed by atoms with Crippen LogP contribution in [0.5, 0.6) is 0 Å². The number of ether oxygens (including phenoxy) is 1. The van der Waals surface area contributed by atoms with Crippen molar-refractivity contribution in [3.8, 4) is 0 Å². The Labute approximate surface area is 209 Å². The van der Waals surface area contributed by atoms with E-state index in [9.17, 15) is 4.79 Å². The molecule has 0 atom stereocenters. The Morgan fingerprint density at radius 2 is 1.83 bits per heavy atom. The smallest absolute Gasteiger partial charge is 0.338 e. The quantitative estimate of drug-likeness (QED) is 0.410. The van der Waals surface area contributed by atoms with Gasteiger partial charge in [-0.1, -0.05) is 30.3 Å². The first-order valence-electron chi connectivity index (χ1n) is 12.9. The number of esters is 1. The number of carbonyl (C=O) groups is 1. The van der Waals surface area contributed by atoms with E-state index in [1.165, 1.54) is 30.4 Å². The average Bonchev–Trinajstić information content (AvgIpc) is 3.64. The number of piperidine rings is 1. The Kier molecular flexibility index (Phi) is 4.99. The number of hydrogen-bond acceptors (Lipinski definition) is 7. The van der Waals surface area contributed by atoms with Crippen molar-refractivity contribution >= 4 is 28.2 Å². The van der Waals surface area contributed by atoms with E-state index in [0.29, 0.717) is 12.0 Å². The predicted octanol–water partition coefficient (Wildman–Crippen LogP) is 3.79. The van der Waals surface area contributed by atoms with Crippen LogP contribution in [-0.2, 0) is 17.8 Å². The van der Waals surface area contributed by atoms with Crippen molar-refractivity contribution in [2.45, 2.75) is 39.2 Å². The van der Waals surface area contributed by atoms with Crippen LogP contribution in [-0.4, -0.2) is 63.4 Å². The maximum atomic E-state index is 11.8. The maximum Gasteiger partial charge on any atom is 0.338 e. The highest BCUT2D eigenvalue weighted by molar-refractivity contribution is 6.00. The number of nitrogens with zero attached hydrogens (tertiary/aromatic N) is 6. The van der Waals surface area contributed by atoms with Crippen molar-refractivity contribution in [2.75, 3.05) is 37.6 Å². The Bertz CT molecular complexity index is 1490. The lowest BCUT2D eigenvalue weighted by Crippen LogP contribution is -2.42. The molecule has 0 bridgehead atoms. The van der Waals surface area contributed by atoms with Crippen molar-refractivity contribution in [1.29, 1.82) is 0 Å². The van der Waals surface area contributed by atoms with Gasteiger partial charge < -0.3 is 14.5 Å². The highest BCUT2D eigenvalue weighted by Gasteiger charge is 2.41.